The van der Waals surface area contributed by atoms with Crippen LogP contribution in [0, 0.1) is 5.92 Å². The Balaban J connectivity index is 1.79. The SMILES string of the molecule is Cn1ncc2c(N3CCCC(CNS(C)(=O)=O)C3)ncnc21. The van der Waals surface area contributed by atoms with Gasteiger partial charge in [0.1, 0.15) is 12.1 Å². The Morgan fingerprint density at radius 2 is 2.23 bits per heavy atom. The van der Waals surface area contributed by atoms with Crippen LogP contribution in [0.5, 0.6) is 0 Å². The highest BCUT2D eigenvalue weighted by Gasteiger charge is 2.23. The van der Waals surface area contributed by atoms with E-state index in [2.05, 4.69) is 24.7 Å². The number of sulfonamides is 1. The molecule has 1 atom stereocenters. The predicted octanol–water partition coefficient (Wildman–Crippen LogP) is 0.129. The Labute approximate surface area is 129 Å². The van der Waals surface area contributed by atoms with Gasteiger partial charge in [-0.2, -0.15) is 5.10 Å². The van der Waals surface area contributed by atoms with E-state index in [4.69, 9.17) is 0 Å². The van der Waals surface area contributed by atoms with Gasteiger partial charge in [0, 0.05) is 26.7 Å². The summed E-state index contributed by atoms with van der Waals surface area (Å²) in [6, 6.07) is 0. The van der Waals surface area contributed by atoms with Crippen molar-refractivity contribution in [3.8, 4) is 0 Å². The lowest BCUT2D eigenvalue weighted by Gasteiger charge is -2.33. The highest BCUT2D eigenvalue weighted by molar-refractivity contribution is 7.88. The van der Waals surface area contributed by atoms with E-state index in [1.165, 1.54) is 6.26 Å². The summed E-state index contributed by atoms with van der Waals surface area (Å²) in [5, 5.41) is 5.17. The molecule has 0 amide bonds. The number of aromatic nitrogens is 4. The third-order valence-electron chi connectivity index (χ3n) is 3.96. The van der Waals surface area contributed by atoms with Gasteiger partial charge >= 0.3 is 0 Å². The molecule has 8 nitrogen and oxygen atoms in total. The topological polar surface area (TPSA) is 93.0 Å². The summed E-state index contributed by atoms with van der Waals surface area (Å²) in [7, 11) is -1.29. The molecule has 0 aliphatic carbocycles. The highest BCUT2D eigenvalue weighted by atomic mass is 32.2. The van der Waals surface area contributed by atoms with E-state index in [9.17, 15) is 8.42 Å². The van der Waals surface area contributed by atoms with Gasteiger partial charge in [-0.05, 0) is 18.8 Å². The lowest BCUT2D eigenvalue weighted by atomic mass is 9.98. The van der Waals surface area contributed by atoms with Crippen molar-refractivity contribution in [1.29, 1.82) is 0 Å². The summed E-state index contributed by atoms with van der Waals surface area (Å²) in [5.74, 6) is 1.16. The molecule has 120 valence electrons. The quantitative estimate of drug-likeness (QED) is 0.859. The van der Waals surface area contributed by atoms with Crippen LogP contribution in [0.15, 0.2) is 12.5 Å². The fourth-order valence-corrected chi connectivity index (χ4v) is 3.43. The molecule has 1 fully saturated rings. The van der Waals surface area contributed by atoms with Gasteiger partial charge in [0.05, 0.1) is 17.8 Å². The minimum absolute atomic E-state index is 0.283. The lowest BCUT2D eigenvalue weighted by molar-refractivity contribution is 0.410. The molecule has 0 radical (unpaired) electrons. The van der Waals surface area contributed by atoms with Crippen molar-refractivity contribution in [3.63, 3.8) is 0 Å². The first-order valence-electron chi connectivity index (χ1n) is 7.26. The molecule has 9 heteroatoms. The Kier molecular flexibility index (Phi) is 4.00. The first kappa shape index (κ1) is 15.2. The van der Waals surface area contributed by atoms with E-state index < -0.39 is 10.0 Å². The van der Waals surface area contributed by atoms with E-state index >= 15 is 0 Å². The number of anilines is 1. The van der Waals surface area contributed by atoms with Crippen LogP contribution in [0.4, 0.5) is 5.82 Å². The minimum Gasteiger partial charge on any atom is -0.356 e. The Morgan fingerprint density at radius 1 is 1.41 bits per heavy atom. The van der Waals surface area contributed by atoms with E-state index in [-0.39, 0.29) is 5.92 Å². The van der Waals surface area contributed by atoms with Crippen LogP contribution in [-0.2, 0) is 17.1 Å². The molecule has 0 bridgehead atoms. The number of fused-ring (bicyclic) bond motifs is 1. The predicted molar refractivity (Wildman–Crippen MR) is 84.1 cm³/mol. The van der Waals surface area contributed by atoms with Gasteiger partial charge in [0.25, 0.3) is 0 Å². The summed E-state index contributed by atoms with van der Waals surface area (Å²) >= 11 is 0. The number of aryl methyl sites for hydroxylation is 1. The first-order valence-corrected chi connectivity index (χ1v) is 9.15. The molecule has 1 saturated heterocycles. The monoisotopic (exact) mass is 324 g/mol. The molecule has 1 aliphatic heterocycles. The van der Waals surface area contributed by atoms with Crippen molar-refractivity contribution in [1.82, 2.24) is 24.5 Å². The van der Waals surface area contributed by atoms with E-state index in [0.717, 1.165) is 42.8 Å². The van der Waals surface area contributed by atoms with Gasteiger partial charge in [0.15, 0.2) is 5.65 Å². The van der Waals surface area contributed by atoms with Gasteiger partial charge in [0.2, 0.25) is 10.0 Å². The molecular weight excluding hydrogens is 304 g/mol. The standard InChI is InChI=1S/C13H20N6O2S/c1-18-12-11(7-16-18)13(15-9-14-12)19-5-3-4-10(8-19)6-17-22(2,20)21/h7,9-10,17H,3-6,8H2,1-2H3. The zero-order chi connectivity index (χ0) is 15.7. The third kappa shape index (κ3) is 3.20. The van der Waals surface area contributed by atoms with Crippen molar-refractivity contribution < 1.29 is 8.42 Å². The second kappa shape index (κ2) is 5.81. The summed E-state index contributed by atoms with van der Waals surface area (Å²) in [6.45, 7) is 2.16. The summed E-state index contributed by atoms with van der Waals surface area (Å²) in [5.41, 5.74) is 0.807. The molecule has 2 aromatic heterocycles. The highest BCUT2D eigenvalue weighted by Crippen LogP contribution is 2.26. The fourth-order valence-electron chi connectivity index (χ4n) is 2.89. The average molecular weight is 324 g/mol. The number of hydrogen-bond donors (Lipinski definition) is 1. The molecule has 22 heavy (non-hydrogen) atoms. The summed E-state index contributed by atoms with van der Waals surface area (Å²) < 4.78 is 26.8. The van der Waals surface area contributed by atoms with Crippen LogP contribution in [0.1, 0.15) is 12.8 Å². The van der Waals surface area contributed by atoms with Gasteiger partial charge in [-0.1, -0.05) is 0 Å². The van der Waals surface area contributed by atoms with E-state index in [1.807, 2.05) is 7.05 Å². The Hall–Kier alpha value is -1.74. The molecule has 0 saturated carbocycles. The van der Waals surface area contributed by atoms with Gasteiger partial charge < -0.3 is 4.90 Å². The minimum atomic E-state index is -3.14. The second-order valence-electron chi connectivity index (χ2n) is 5.78. The summed E-state index contributed by atoms with van der Waals surface area (Å²) in [4.78, 5) is 10.9. The maximum Gasteiger partial charge on any atom is 0.208 e. The van der Waals surface area contributed by atoms with Crippen molar-refractivity contribution in [2.75, 3.05) is 30.8 Å². The number of nitrogens with one attached hydrogen (secondary N) is 1. The van der Waals surface area contributed by atoms with Crippen LogP contribution in [0.25, 0.3) is 11.0 Å². The van der Waals surface area contributed by atoms with Crippen molar-refractivity contribution in [2.45, 2.75) is 12.8 Å². The first-order chi connectivity index (χ1) is 10.4. The van der Waals surface area contributed by atoms with Crippen LogP contribution in [0.2, 0.25) is 0 Å². The largest absolute Gasteiger partial charge is 0.356 e. The van der Waals surface area contributed by atoms with Crippen LogP contribution < -0.4 is 9.62 Å². The van der Waals surface area contributed by atoms with Gasteiger partial charge in [-0.15, -0.1) is 0 Å². The molecule has 1 aliphatic rings. The number of nitrogens with zero attached hydrogens (tertiary/aromatic N) is 5. The summed E-state index contributed by atoms with van der Waals surface area (Å²) in [6.07, 6.45) is 6.56. The molecule has 3 rings (SSSR count). The maximum atomic E-state index is 11.2. The molecule has 1 unspecified atom stereocenters. The molecule has 2 aromatic rings. The van der Waals surface area contributed by atoms with Crippen LogP contribution >= 0.6 is 0 Å². The molecule has 0 spiro atoms. The molecule has 1 N–H and O–H groups in total. The average Bonchev–Trinajstić information content (AvgIpc) is 2.87. The fraction of sp³-hybridized carbons (Fsp3) is 0.615. The zero-order valence-electron chi connectivity index (χ0n) is 12.7. The Bertz CT molecular complexity index is 772. The van der Waals surface area contributed by atoms with Gasteiger partial charge in [-0.3, -0.25) is 4.68 Å². The smallest absolute Gasteiger partial charge is 0.208 e. The number of rotatable bonds is 4. The van der Waals surface area contributed by atoms with Crippen molar-refractivity contribution in [3.05, 3.63) is 12.5 Å². The number of hydrogen-bond acceptors (Lipinski definition) is 6. The van der Waals surface area contributed by atoms with Crippen molar-refractivity contribution >= 4 is 26.9 Å². The zero-order valence-corrected chi connectivity index (χ0v) is 13.5. The second-order valence-corrected chi connectivity index (χ2v) is 7.61. The lowest BCUT2D eigenvalue weighted by Crippen LogP contribution is -2.41. The maximum absolute atomic E-state index is 11.2. The van der Waals surface area contributed by atoms with Crippen LogP contribution in [-0.4, -0.2) is 54.1 Å². The third-order valence-corrected chi connectivity index (χ3v) is 4.65. The molecule has 3 heterocycles. The normalized spacial score (nSPS) is 19.7. The Morgan fingerprint density at radius 3 is 3.00 bits per heavy atom. The van der Waals surface area contributed by atoms with Crippen LogP contribution in [0.3, 0.4) is 0 Å². The molecule has 0 aromatic carbocycles. The van der Waals surface area contributed by atoms with Gasteiger partial charge in [-0.25, -0.2) is 23.1 Å². The van der Waals surface area contributed by atoms with E-state index in [0.29, 0.717) is 6.54 Å². The van der Waals surface area contributed by atoms with E-state index in [1.54, 1.807) is 17.2 Å². The number of piperidine rings is 1. The molecular formula is C13H20N6O2S. The van der Waals surface area contributed by atoms with Crippen molar-refractivity contribution in [2.24, 2.45) is 13.0 Å².